The van der Waals surface area contributed by atoms with Crippen molar-refractivity contribution in [3.8, 4) is 0 Å². The lowest BCUT2D eigenvalue weighted by atomic mass is 10.2. The topological polar surface area (TPSA) is 78.1 Å². The lowest BCUT2D eigenvalue weighted by Gasteiger charge is -2.23. The fraction of sp³-hybridized carbons (Fsp3) is 0.727. The first-order valence-corrected chi connectivity index (χ1v) is 7.77. The largest absolute Gasteiger partial charge is 0.302 e. The third-order valence-corrected chi connectivity index (χ3v) is 4.86. The summed E-state index contributed by atoms with van der Waals surface area (Å²) in [5.41, 5.74) is 0. The molecule has 6 nitrogen and oxygen atoms in total. The molecule has 0 atom stereocenters. The maximum absolute atomic E-state index is 11.8. The van der Waals surface area contributed by atoms with E-state index in [9.17, 15) is 8.42 Å². The number of H-pyrrole nitrogens is 1. The lowest BCUT2D eigenvalue weighted by molar-refractivity contribution is 0.250. The van der Waals surface area contributed by atoms with E-state index >= 15 is 0 Å². The summed E-state index contributed by atoms with van der Waals surface area (Å²) in [5.74, 6) is 0. The van der Waals surface area contributed by atoms with Crippen molar-refractivity contribution in [1.82, 2.24) is 19.8 Å². The summed E-state index contributed by atoms with van der Waals surface area (Å²) in [6.07, 6.45) is 6.45. The summed E-state index contributed by atoms with van der Waals surface area (Å²) in [6, 6.07) is 2.06. The highest BCUT2D eigenvalue weighted by atomic mass is 32.2. The average molecular weight is 272 g/mol. The first-order valence-electron chi connectivity index (χ1n) is 6.29. The fourth-order valence-electron chi connectivity index (χ4n) is 2.35. The van der Waals surface area contributed by atoms with Crippen LogP contribution in [0.15, 0.2) is 17.3 Å². The predicted molar refractivity (Wildman–Crippen MR) is 68.7 cm³/mol. The maximum atomic E-state index is 11.8. The minimum atomic E-state index is -3.43. The summed E-state index contributed by atoms with van der Waals surface area (Å²) >= 11 is 0. The Morgan fingerprint density at radius 1 is 1.50 bits per heavy atom. The van der Waals surface area contributed by atoms with Gasteiger partial charge in [-0.3, -0.25) is 5.10 Å². The third-order valence-electron chi connectivity index (χ3n) is 3.47. The molecule has 18 heavy (non-hydrogen) atoms. The SMILES string of the molecule is CN(CCNS(=O)(=O)c1ccn[nH]1)C1CCCC1. The number of aromatic nitrogens is 2. The molecule has 0 unspecified atom stereocenters. The Kier molecular flexibility index (Phi) is 4.36. The van der Waals surface area contributed by atoms with Gasteiger partial charge in [0.15, 0.2) is 5.03 Å². The van der Waals surface area contributed by atoms with Crippen LogP contribution in [-0.2, 0) is 10.0 Å². The molecule has 1 saturated carbocycles. The molecule has 1 heterocycles. The second kappa shape index (κ2) is 5.81. The molecule has 1 aliphatic rings. The first-order chi connectivity index (χ1) is 8.59. The number of hydrogen-bond acceptors (Lipinski definition) is 4. The second-order valence-electron chi connectivity index (χ2n) is 4.74. The van der Waals surface area contributed by atoms with Gasteiger partial charge in [0.05, 0.1) is 6.20 Å². The quantitative estimate of drug-likeness (QED) is 0.793. The molecule has 0 spiro atoms. The van der Waals surface area contributed by atoms with Crippen molar-refractivity contribution in [3.05, 3.63) is 12.3 Å². The molecule has 1 aromatic rings. The zero-order chi connectivity index (χ0) is 13.0. The standard InChI is InChI=1S/C11H20N4O2S/c1-15(10-4-2-3-5-10)9-8-13-18(16,17)11-6-7-12-14-11/h6-7,10,13H,2-5,8-9H2,1H3,(H,12,14). The van der Waals surface area contributed by atoms with E-state index < -0.39 is 10.0 Å². The monoisotopic (exact) mass is 272 g/mol. The van der Waals surface area contributed by atoms with Crippen LogP contribution < -0.4 is 4.72 Å². The Labute approximate surface area is 108 Å². The maximum Gasteiger partial charge on any atom is 0.257 e. The van der Waals surface area contributed by atoms with Gasteiger partial charge in [0.1, 0.15) is 0 Å². The minimum Gasteiger partial charge on any atom is -0.302 e. The van der Waals surface area contributed by atoms with Gasteiger partial charge in [0.25, 0.3) is 10.0 Å². The molecule has 1 aromatic heterocycles. The van der Waals surface area contributed by atoms with Crippen LogP contribution in [0.4, 0.5) is 0 Å². The van der Waals surface area contributed by atoms with Crippen molar-refractivity contribution in [3.63, 3.8) is 0 Å². The molecule has 1 aliphatic carbocycles. The van der Waals surface area contributed by atoms with Gasteiger partial charge in [0, 0.05) is 19.1 Å². The molecule has 2 rings (SSSR count). The van der Waals surface area contributed by atoms with Crippen LogP contribution in [0.1, 0.15) is 25.7 Å². The van der Waals surface area contributed by atoms with Crippen molar-refractivity contribution in [1.29, 1.82) is 0 Å². The Morgan fingerprint density at radius 2 is 2.22 bits per heavy atom. The van der Waals surface area contributed by atoms with E-state index in [0.29, 0.717) is 12.6 Å². The summed E-state index contributed by atoms with van der Waals surface area (Å²) in [7, 11) is -1.37. The van der Waals surface area contributed by atoms with Gasteiger partial charge in [0.2, 0.25) is 0 Å². The molecule has 0 aliphatic heterocycles. The first kappa shape index (κ1) is 13.5. The zero-order valence-electron chi connectivity index (χ0n) is 10.6. The highest BCUT2D eigenvalue weighted by molar-refractivity contribution is 7.89. The van der Waals surface area contributed by atoms with Gasteiger partial charge < -0.3 is 4.90 Å². The number of hydrogen-bond donors (Lipinski definition) is 2. The molecule has 1 fully saturated rings. The van der Waals surface area contributed by atoms with E-state index in [0.717, 1.165) is 6.54 Å². The van der Waals surface area contributed by atoms with Crippen molar-refractivity contribution in [2.24, 2.45) is 0 Å². The lowest BCUT2D eigenvalue weighted by Crippen LogP contribution is -2.37. The van der Waals surface area contributed by atoms with Gasteiger partial charge in [-0.25, -0.2) is 13.1 Å². The summed E-state index contributed by atoms with van der Waals surface area (Å²) < 4.78 is 26.2. The molecule has 0 aromatic carbocycles. The van der Waals surface area contributed by atoms with E-state index in [4.69, 9.17) is 0 Å². The van der Waals surface area contributed by atoms with Crippen LogP contribution in [0.5, 0.6) is 0 Å². The van der Waals surface area contributed by atoms with Crippen molar-refractivity contribution in [2.45, 2.75) is 36.8 Å². The number of nitrogens with zero attached hydrogens (tertiary/aromatic N) is 2. The molecule has 0 amide bonds. The molecule has 0 saturated heterocycles. The third kappa shape index (κ3) is 3.30. The van der Waals surface area contributed by atoms with Crippen LogP contribution in [-0.4, -0.2) is 49.7 Å². The highest BCUT2D eigenvalue weighted by Gasteiger charge is 2.20. The number of rotatable bonds is 6. The summed E-state index contributed by atoms with van der Waals surface area (Å²) in [4.78, 5) is 2.24. The average Bonchev–Trinajstić information content (AvgIpc) is 3.02. The fourth-order valence-corrected chi connectivity index (χ4v) is 3.28. The molecular weight excluding hydrogens is 252 g/mol. The van der Waals surface area contributed by atoms with E-state index in [-0.39, 0.29) is 5.03 Å². The Bertz CT molecular complexity index is 451. The van der Waals surface area contributed by atoms with E-state index in [1.54, 1.807) is 0 Å². The smallest absolute Gasteiger partial charge is 0.257 e. The van der Waals surface area contributed by atoms with Gasteiger partial charge in [-0.1, -0.05) is 12.8 Å². The van der Waals surface area contributed by atoms with Crippen LogP contribution in [0.25, 0.3) is 0 Å². The number of aromatic amines is 1. The Balaban J connectivity index is 1.78. The van der Waals surface area contributed by atoms with Gasteiger partial charge >= 0.3 is 0 Å². The Hall–Kier alpha value is -0.920. The number of likely N-dealkylation sites (N-methyl/N-ethyl adjacent to an activating group) is 1. The predicted octanol–water partition coefficient (Wildman–Crippen LogP) is 0.562. The molecule has 0 radical (unpaired) electrons. The van der Waals surface area contributed by atoms with Crippen LogP contribution in [0.2, 0.25) is 0 Å². The summed E-state index contributed by atoms with van der Waals surface area (Å²) in [6.45, 7) is 1.16. The van der Waals surface area contributed by atoms with Crippen LogP contribution in [0, 0.1) is 0 Å². The normalized spacial score (nSPS) is 17.7. The van der Waals surface area contributed by atoms with Crippen LogP contribution >= 0.6 is 0 Å². The van der Waals surface area contributed by atoms with Crippen molar-refractivity contribution >= 4 is 10.0 Å². The number of sulfonamides is 1. The Morgan fingerprint density at radius 3 is 2.83 bits per heavy atom. The second-order valence-corrected chi connectivity index (χ2v) is 6.47. The van der Waals surface area contributed by atoms with Gasteiger partial charge in [-0.05, 0) is 26.0 Å². The number of nitrogens with one attached hydrogen (secondary N) is 2. The molecule has 102 valence electrons. The summed E-state index contributed by atoms with van der Waals surface area (Å²) in [5, 5.41) is 6.21. The van der Waals surface area contributed by atoms with Gasteiger partial charge in [-0.15, -0.1) is 0 Å². The molecular formula is C11H20N4O2S. The zero-order valence-corrected chi connectivity index (χ0v) is 11.4. The van der Waals surface area contributed by atoms with Crippen molar-refractivity contribution in [2.75, 3.05) is 20.1 Å². The van der Waals surface area contributed by atoms with Crippen molar-refractivity contribution < 1.29 is 8.42 Å². The van der Waals surface area contributed by atoms with Gasteiger partial charge in [-0.2, -0.15) is 5.10 Å². The van der Waals surface area contributed by atoms with E-state index in [1.807, 2.05) is 0 Å². The van der Waals surface area contributed by atoms with E-state index in [2.05, 4.69) is 26.9 Å². The highest BCUT2D eigenvalue weighted by Crippen LogP contribution is 2.21. The molecule has 2 N–H and O–H groups in total. The molecule has 0 bridgehead atoms. The van der Waals surface area contributed by atoms with E-state index in [1.165, 1.54) is 37.9 Å². The molecule has 7 heteroatoms. The minimum absolute atomic E-state index is 0.117. The van der Waals surface area contributed by atoms with Crippen LogP contribution in [0.3, 0.4) is 0 Å².